The number of fused-ring (bicyclic) bond motifs is 1. The molecular formula is C11H21BNO2-. The van der Waals surface area contributed by atoms with Crippen LogP contribution in [-0.4, -0.2) is 38.8 Å². The summed E-state index contributed by atoms with van der Waals surface area (Å²) < 4.78 is 11.5. The second kappa shape index (κ2) is 3.47. The molecule has 4 bridgehead atoms. The van der Waals surface area contributed by atoms with Gasteiger partial charge in [-0.1, -0.05) is 5.92 Å². The molecule has 0 aromatic carbocycles. The molecule has 2 unspecified atom stereocenters. The number of piperidine rings is 1. The summed E-state index contributed by atoms with van der Waals surface area (Å²) in [5, 5.41) is 0. The first-order chi connectivity index (χ1) is 7.25. The van der Waals surface area contributed by atoms with Crippen molar-refractivity contribution in [3.05, 3.63) is 0 Å². The molecule has 4 heteroatoms. The molecule has 3 nitrogen and oxygen atoms in total. The third kappa shape index (κ3) is 1.46. The van der Waals surface area contributed by atoms with Gasteiger partial charge in [0.1, 0.15) is 0 Å². The van der Waals surface area contributed by atoms with Crippen molar-refractivity contribution in [2.75, 3.05) is 27.3 Å². The quantitative estimate of drug-likeness (QED) is 0.646. The first kappa shape index (κ1) is 10.1. The lowest BCUT2D eigenvalue weighted by Crippen LogP contribution is -2.59. The summed E-state index contributed by atoms with van der Waals surface area (Å²) >= 11 is 0. The lowest BCUT2D eigenvalue weighted by atomic mass is 9.62. The average Bonchev–Trinajstić information content (AvgIpc) is 2.40. The van der Waals surface area contributed by atoms with Crippen molar-refractivity contribution < 1.29 is 9.31 Å². The van der Waals surface area contributed by atoms with Gasteiger partial charge in [0, 0.05) is 0 Å². The maximum absolute atomic E-state index is 5.76. The summed E-state index contributed by atoms with van der Waals surface area (Å²) in [6, 6.07) is 0. The molecule has 3 saturated heterocycles. The van der Waals surface area contributed by atoms with E-state index in [-0.39, 0.29) is 0 Å². The highest BCUT2D eigenvalue weighted by molar-refractivity contribution is 6.64. The van der Waals surface area contributed by atoms with Crippen LogP contribution in [0.3, 0.4) is 0 Å². The number of hydrogen-bond donors (Lipinski definition) is 0. The minimum Gasteiger partial charge on any atom is -0.557 e. The highest BCUT2D eigenvalue weighted by Gasteiger charge is 2.47. The van der Waals surface area contributed by atoms with E-state index in [0.717, 1.165) is 24.1 Å². The SMILES string of the molecule is CO[B-]1(OC)CC2CC3CC(C2)CN1C3. The second-order valence-electron chi connectivity index (χ2n) is 5.79. The van der Waals surface area contributed by atoms with Crippen LogP contribution in [0.2, 0.25) is 6.32 Å². The van der Waals surface area contributed by atoms with E-state index >= 15 is 0 Å². The summed E-state index contributed by atoms with van der Waals surface area (Å²) in [6.07, 6.45) is 5.39. The Labute approximate surface area is 92.1 Å². The highest BCUT2D eigenvalue weighted by atomic mass is 16.6. The van der Waals surface area contributed by atoms with E-state index in [9.17, 15) is 0 Å². The van der Waals surface area contributed by atoms with Gasteiger partial charge < -0.3 is 14.1 Å². The van der Waals surface area contributed by atoms with Gasteiger partial charge in [-0.25, -0.2) is 0 Å². The molecule has 0 amide bonds. The first-order valence-electron chi connectivity index (χ1n) is 6.26. The maximum Gasteiger partial charge on any atom is 0.317 e. The molecule has 0 N–H and O–H groups in total. The molecule has 3 aliphatic heterocycles. The fourth-order valence-corrected chi connectivity index (χ4v) is 4.41. The Morgan fingerprint density at radius 1 is 0.933 bits per heavy atom. The molecular weight excluding hydrogens is 189 g/mol. The third-order valence-corrected chi connectivity index (χ3v) is 4.91. The molecule has 4 rings (SSSR count). The van der Waals surface area contributed by atoms with E-state index in [4.69, 9.17) is 9.31 Å². The Morgan fingerprint density at radius 3 is 2.00 bits per heavy atom. The van der Waals surface area contributed by atoms with Gasteiger partial charge in [0.15, 0.2) is 0 Å². The van der Waals surface area contributed by atoms with Gasteiger partial charge in [0.25, 0.3) is 0 Å². The summed E-state index contributed by atoms with van der Waals surface area (Å²) in [5.74, 6) is 2.68. The minimum absolute atomic E-state index is 0.848. The fraction of sp³-hybridized carbons (Fsp3) is 1.00. The lowest BCUT2D eigenvalue weighted by Gasteiger charge is -2.51. The smallest absolute Gasteiger partial charge is 0.317 e. The Balaban J connectivity index is 1.93. The van der Waals surface area contributed by atoms with Crippen LogP contribution in [0.5, 0.6) is 0 Å². The molecule has 0 spiro atoms. The number of hydrogen-bond acceptors (Lipinski definition) is 3. The number of rotatable bonds is 2. The highest BCUT2D eigenvalue weighted by Crippen LogP contribution is 2.47. The van der Waals surface area contributed by atoms with Crippen molar-refractivity contribution >= 4 is 6.69 Å². The van der Waals surface area contributed by atoms with Gasteiger partial charge in [-0.2, -0.15) is 0 Å². The zero-order valence-corrected chi connectivity index (χ0v) is 9.82. The minimum atomic E-state index is -1.12. The molecule has 2 atom stereocenters. The van der Waals surface area contributed by atoms with E-state index in [1.165, 1.54) is 32.4 Å². The van der Waals surface area contributed by atoms with E-state index in [0.29, 0.717) is 0 Å². The van der Waals surface area contributed by atoms with E-state index in [1.54, 1.807) is 0 Å². The van der Waals surface area contributed by atoms with Crippen molar-refractivity contribution in [3.63, 3.8) is 0 Å². The zero-order valence-electron chi connectivity index (χ0n) is 9.82. The molecule has 0 aromatic rings. The summed E-state index contributed by atoms with van der Waals surface area (Å²) in [5.41, 5.74) is 0. The monoisotopic (exact) mass is 210 g/mol. The van der Waals surface area contributed by atoms with Crippen LogP contribution in [-0.2, 0) is 9.31 Å². The van der Waals surface area contributed by atoms with Gasteiger partial charge in [0.2, 0.25) is 0 Å². The van der Waals surface area contributed by atoms with Gasteiger partial charge in [0.05, 0.1) is 0 Å². The van der Waals surface area contributed by atoms with Crippen LogP contribution in [0.25, 0.3) is 0 Å². The Bertz CT molecular complexity index is 243. The lowest BCUT2D eigenvalue weighted by molar-refractivity contribution is 0.0951. The summed E-state index contributed by atoms with van der Waals surface area (Å²) in [6.45, 7) is 1.29. The van der Waals surface area contributed by atoms with Crippen LogP contribution >= 0.6 is 0 Å². The maximum atomic E-state index is 5.76. The van der Waals surface area contributed by atoms with E-state index in [2.05, 4.69) is 4.81 Å². The van der Waals surface area contributed by atoms with Crippen LogP contribution in [0.1, 0.15) is 19.3 Å². The number of nitrogens with zero attached hydrogens (tertiary/aromatic N) is 1. The Morgan fingerprint density at radius 2 is 1.47 bits per heavy atom. The van der Waals surface area contributed by atoms with E-state index < -0.39 is 6.69 Å². The van der Waals surface area contributed by atoms with Crippen LogP contribution < -0.4 is 0 Å². The van der Waals surface area contributed by atoms with Crippen molar-refractivity contribution in [2.45, 2.75) is 25.6 Å². The average molecular weight is 210 g/mol. The summed E-state index contributed by atoms with van der Waals surface area (Å²) in [7, 11) is 3.63. The van der Waals surface area contributed by atoms with Gasteiger partial charge in [-0.05, 0) is 58.4 Å². The molecule has 0 radical (unpaired) electrons. The van der Waals surface area contributed by atoms with Crippen LogP contribution in [0, 0.1) is 17.8 Å². The second-order valence-corrected chi connectivity index (χ2v) is 5.79. The fourth-order valence-electron chi connectivity index (χ4n) is 4.41. The predicted molar refractivity (Wildman–Crippen MR) is 60.5 cm³/mol. The first-order valence-corrected chi connectivity index (χ1v) is 6.26. The van der Waals surface area contributed by atoms with Crippen molar-refractivity contribution in [2.24, 2.45) is 17.8 Å². The standard InChI is InChI=1S/C11H21BNO2/c1-14-12(15-2)6-9-3-10-5-11(4-9)8-13(12)7-10/h9-11H,3-8H2,1-2H3/q-1. The van der Waals surface area contributed by atoms with E-state index in [1.807, 2.05) is 14.2 Å². The molecule has 86 valence electrons. The third-order valence-electron chi connectivity index (χ3n) is 4.91. The normalized spacial score (nSPS) is 46.8. The van der Waals surface area contributed by atoms with Gasteiger partial charge in [-0.15, -0.1) is 6.32 Å². The van der Waals surface area contributed by atoms with Crippen molar-refractivity contribution in [1.29, 1.82) is 0 Å². The van der Waals surface area contributed by atoms with Crippen LogP contribution in [0.4, 0.5) is 0 Å². The van der Waals surface area contributed by atoms with Gasteiger partial charge in [-0.3, -0.25) is 0 Å². The molecule has 3 heterocycles. The zero-order chi connectivity index (χ0) is 10.5. The largest absolute Gasteiger partial charge is 0.557 e. The van der Waals surface area contributed by atoms with Gasteiger partial charge >= 0.3 is 6.69 Å². The summed E-state index contributed by atoms with van der Waals surface area (Å²) in [4.78, 5) is 2.51. The molecule has 0 aromatic heterocycles. The van der Waals surface area contributed by atoms with Crippen LogP contribution in [0.15, 0.2) is 0 Å². The molecule has 15 heavy (non-hydrogen) atoms. The Hall–Kier alpha value is -0.0551. The molecule has 4 fully saturated rings. The molecule has 1 saturated carbocycles. The Kier molecular flexibility index (Phi) is 2.34. The topological polar surface area (TPSA) is 21.7 Å². The van der Waals surface area contributed by atoms with Crippen molar-refractivity contribution in [3.8, 4) is 0 Å². The molecule has 1 aliphatic carbocycles. The van der Waals surface area contributed by atoms with Crippen molar-refractivity contribution in [1.82, 2.24) is 4.81 Å². The molecule has 4 aliphatic rings. The predicted octanol–water partition coefficient (Wildman–Crippen LogP) is 1.58.